The van der Waals surface area contributed by atoms with Crippen molar-refractivity contribution >= 4 is 41.6 Å². The van der Waals surface area contributed by atoms with Gasteiger partial charge in [0.2, 0.25) is 0 Å². The van der Waals surface area contributed by atoms with Crippen molar-refractivity contribution in [2.45, 2.75) is 38.3 Å². The molecule has 0 radical (unpaired) electrons. The van der Waals surface area contributed by atoms with Crippen LogP contribution in [0.4, 0.5) is 0 Å². The zero-order chi connectivity index (χ0) is 14.8. The van der Waals surface area contributed by atoms with E-state index >= 15 is 0 Å². The highest BCUT2D eigenvalue weighted by Crippen LogP contribution is 2.22. The molecule has 2 heterocycles. The summed E-state index contributed by atoms with van der Waals surface area (Å²) < 4.78 is 0. The van der Waals surface area contributed by atoms with Crippen molar-refractivity contribution in [3.63, 3.8) is 0 Å². The quantitative estimate of drug-likeness (QED) is 0.897. The van der Waals surface area contributed by atoms with Gasteiger partial charge in [0, 0.05) is 24.0 Å². The Bertz CT molecular complexity index is 663. The molecule has 1 aromatic carbocycles. The van der Waals surface area contributed by atoms with E-state index in [4.69, 9.17) is 5.73 Å². The minimum absolute atomic E-state index is 0. The number of nitrogens with zero attached hydrogens (tertiary/aromatic N) is 2. The molecule has 2 aromatic rings. The molecule has 2 atom stereocenters. The molecule has 1 fully saturated rings. The highest BCUT2D eigenvalue weighted by atomic mass is 35.5. The van der Waals surface area contributed by atoms with Crippen LogP contribution in [-0.2, 0) is 0 Å². The van der Waals surface area contributed by atoms with Crippen LogP contribution in [0.15, 0.2) is 36.4 Å². The molecule has 0 aliphatic carbocycles. The van der Waals surface area contributed by atoms with Crippen LogP contribution in [0.3, 0.4) is 0 Å². The number of benzene rings is 1. The summed E-state index contributed by atoms with van der Waals surface area (Å²) in [6, 6.07) is 11.7. The number of halogens is 2. The first-order chi connectivity index (χ1) is 10.2. The van der Waals surface area contributed by atoms with E-state index in [1.54, 1.807) is 0 Å². The molecule has 1 aliphatic rings. The monoisotopic (exact) mass is 355 g/mol. The van der Waals surface area contributed by atoms with Gasteiger partial charge in [0.25, 0.3) is 5.91 Å². The van der Waals surface area contributed by atoms with E-state index in [0.29, 0.717) is 5.69 Å². The summed E-state index contributed by atoms with van der Waals surface area (Å²) in [6.07, 6.45) is 3.17. The van der Waals surface area contributed by atoms with Gasteiger partial charge in [0.15, 0.2) is 0 Å². The highest BCUT2D eigenvalue weighted by Gasteiger charge is 2.30. The molecule has 1 saturated heterocycles. The third kappa shape index (κ3) is 4.14. The first-order valence-corrected chi connectivity index (χ1v) is 7.59. The molecular formula is C17H23Cl2N3O. The predicted octanol–water partition coefficient (Wildman–Crippen LogP) is 3.42. The number of nitrogens with two attached hydrogens (primary N) is 1. The second-order valence-corrected chi connectivity index (χ2v) is 5.81. The maximum absolute atomic E-state index is 12.8. The average molecular weight is 356 g/mol. The van der Waals surface area contributed by atoms with Crippen molar-refractivity contribution in [2.75, 3.05) is 6.54 Å². The number of carbonyl (C=O) groups excluding carboxylic acids is 1. The summed E-state index contributed by atoms with van der Waals surface area (Å²) in [7, 11) is 0. The van der Waals surface area contributed by atoms with Crippen LogP contribution in [-0.4, -0.2) is 34.4 Å². The van der Waals surface area contributed by atoms with E-state index in [1.807, 2.05) is 48.2 Å². The lowest BCUT2D eigenvalue weighted by Gasteiger charge is -2.37. The fourth-order valence-electron chi connectivity index (χ4n) is 3.09. The first kappa shape index (κ1) is 19.7. The van der Waals surface area contributed by atoms with Crippen molar-refractivity contribution in [3.05, 3.63) is 42.1 Å². The Labute approximate surface area is 149 Å². The van der Waals surface area contributed by atoms with Gasteiger partial charge in [-0.05, 0) is 38.3 Å². The van der Waals surface area contributed by atoms with E-state index in [9.17, 15) is 4.79 Å². The number of rotatable bonds is 2. The van der Waals surface area contributed by atoms with E-state index in [-0.39, 0.29) is 42.8 Å². The van der Waals surface area contributed by atoms with Crippen LogP contribution >= 0.6 is 24.8 Å². The highest BCUT2D eigenvalue weighted by molar-refractivity contribution is 5.95. The zero-order valence-corrected chi connectivity index (χ0v) is 14.8. The van der Waals surface area contributed by atoms with Crippen molar-refractivity contribution in [1.29, 1.82) is 0 Å². The van der Waals surface area contributed by atoms with Gasteiger partial charge in [-0.2, -0.15) is 0 Å². The van der Waals surface area contributed by atoms with Gasteiger partial charge in [0.05, 0.1) is 5.52 Å². The third-order valence-electron chi connectivity index (χ3n) is 4.23. The Balaban J connectivity index is 0.00000132. The van der Waals surface area contributed by atoms with Crippen molar-refractivity contribution in [3.8, 4) is 0 Å². The van der Waals surface area contributed by atoms with Gasteiger partial charge in [0.1, 0.15) is 5.69 Å². The molecule has 126 valence electrons. The van der Waals surface area contributed by atoms with Crippen LogP contribution < -0.4 is 5.73 Å². The van der Waals surface area contributed by atoms with Crippen molar-refractivity contribution in [1.82, 2.24) is 9.88 Å². The number of pyridine rings is 1. The Hall–Kier alpha value is -1.36. The summed E-state index contributed by atoms with van der Waals surface area (Å²) in [6.45, 7) is 2.75. The number of amides is 1. The standard InChI is InChI=1S/C17H21N3O.2ClH/c1-12(18)16-8-4-5-11-20(16)17(21)15-10-9-13-6-2-3-7-14(13)19-15;;/h2-3,6-7,9-10,12,16H,4-5,8,11,18H2,1H3;2*1H. The topological polar surface area (TPSA) is 59.2 Å². The second-order valence-electron chi connectivity index (χ2n) is 5.81. The Morgan fingerprint density at radius 2 is 1.96 bits per heavy atom. The van der Waals surface area contributed by atoms with Gasteiger partial charge < -0.3 is 10.6 Å². The van der Waals surface area contributed by atoms with Crippen molar-refractivity contribution in [2.24, 2.45) is 5.73 Å². The molecule has 0 saturated carbocycles. The number of para-hydroxylation sites is 1. The number of aromatic nitrogens is 1. The Kier molecular flexibility index (Phi) is 7.26. The second kappa shape index (κ2) is 8.48. The molecule has 1 aromatic heterocycles. The molecule has 0 spiro atoms. The van der Waals surface area contributed by atoms with E-state index < -0.39 is 0 Å². The molecule has 2 unspecified atom stereocenters. The number of hydrogen-bond acceptors (Lipinski definition) is 3. The third-order valence-corrected chi connectivity index (χ3v) is 4.23. The van der Waals surface area contributed by atoms with Gasteiger partial charge in [-0.1, -0.05) is 24.3 Å². The molecule has 0 bridgehead atoms. The average Bonchev–Trinajstić information content (AvgIpc) is 2.53. The van der Waals surface area contributed by atoms with Crippen LogP contribution in [0.1, 0.15) is 36.7 Å². The van der Waals surface area contributed by atoms with Gasteiger partial charge in [-0.25, -0.2) is 4.98 Å². The number of hydrogen-bond donors (Lipinski definition) is 1. The van der Waals surface area contributed by atoms with E-state index in [0.717, 1.165) is 36.7 Å². The molecule has 2 N–H and O–H groups in total. The molecule has 6 heteroatoms. The fourth-order valence-corrected chi connectivity index (χ4v) is 3.09. The largest absolute Gasteiger partial charge is 0.333 e. The van der Waals surface area contributed by atoms with Gasteiger partial charge in [-0.15, -0.1) is 24.8 Å². The predicted molar refractivity (Wildman–Crippen MR) is 98.6 cm³/mol. The Morgan fingerprint density at radius 1 is 1.22 bits per heavy atom. The summed E-state index contributed by atoms with van der Waals surface area (Å²) in [4.78, 5) is 19.2. The lowest BCUT2D eigenvalue weighted by molar-refractivity contribution is 0.0578. The Morgan fingerprint density at radius 3 is 2.70 bits per heavy atom. The fraction of sp³-hybridized carbons (Fsp3) is 0.412. The summed E-state index contributed by atoms with van der Waals surface area (Å²) in [5.41, 5.74) is 7.42. The van der Waals surface area contributed by atoms with E-state index in [1.165, 1.54) is 0 Å². The van der Waals surface area contributed by atoms with Crippen LogP contribution in [0.25, 0.3) is 10.9 Å². The van der Waals surface area contributed by atoms with Crippen LogP contribution in [0.2, 0.25) is 0 Å². The summed E-state index contributed by atoms with van der Waals surface area (Å²) >= 11 is 0. The zero-order valence-electron chi connectivity index (χ0n) is 13.1. The molecular weight excluding hydrogens is 333 g/mol. The van der Waals surface area contributed by atoms with Gasteiger partial charge >= 0.3 is 0 Å². The number of likely N-dealkylation sites (tertiary alicyclic amines) is 1. The van der Waals surface area contributed by atoms with E-state index in [2.05, 4.69) is 4.98 Å². The lowest BCUT2D eigenvalue weighted by Crippen LogP contribution is -2.51. The maximum Gasteiger partial charge on any atom is 0.272 e. The number of piperidine rings is 1. The summed E-state index contributed by atoms with van der Waals surface area (Å²) in [5.74, 6) is 0.00255. The maximum atomic E-state index is 12.8. The SMILES string of the molecule is CC(N)C1CCCCN1C(=O)c1ccc2ccccc2n1.Cl.Cl. The molecule has 1 amide bonds. The summed E-state index contributed by atoms with van der Waals surface area (Å²) in [5, 5.41) is 1.05. The molecule has 3 rings (SSSR count). The molecule has 4 nitrogen and oxygen atoms in total. The van der Waals surface area contributed by atoms with Crippen molar-refractivity contribution < 1.29 is 4.79 Å². The first-order valence-electron chi connectivity index (χ1n) is 7.59. The van der Waals surface area contributed by atoms with Crippen LogP contribution in [0, 0.1) is 0 Å². The van der Waals surface area contributed by atoms with Gasteiger partial charge in [-0.3, -0.25) is 4.79 Å². The molecule has 23 heavy (non-hydrogen) atoms. The van der Waals surface area contributed by atoms with Crippen LogP contribution in [0.5, 0.6) is 0 Å². The normalized spacial score (nSPS) is 18.7. The number of carbonyl (C=O) groups is 1. The lowest BCUT2D eigenvalue weighted by atomic mass is 9.96. The minimum atomic E-state index is -0.00490. The smallest absolute Gasteiger partial charge is 0.272 e. The molecule has 1 aliphatic heterocycles. The minimum Gasteiger partial charge on any atom is -0.333 e. The number of fused-ring (bicyclic) bond motifs is 1.